The van der Waals surface area contributed by atoms with Gasteiger partial charge in [0, 0.05) is 37.2 Å². The van der Waals surface area contributed by atoms with E-state index in [-0.39, 0.29) is 0 Å². The Kier molecular flexibility index (Phi) is 7.11. The van der Waals surface area contributed by atoms with E-state index in [1.807, 2.05) is 11.3 Å². The van der Waals surface area contributed by atoms with E-state index >= 15 is 0 Å². The van der Waals surface area contributed by atoms with Crippen molar-refractivity contribution in [2.75, 3.05) is 4.90 Å². The number of nitrogens with zero attached hydrogens (tertiary/aromatic N) is 1. The van der Waals surface area contributed by atoms with Crippen LogP contribution in [0.1, 0.15) is 0 Å². The Balaban J connectivity index is 1.05. The molecule has 0 radical (unpaired) electrons. The highest BCUT2D eigenvalue weighted by molar-refractivity contribution is 7.26. The summed E-state index contributed by atoms with van der Waals surface area (Å²) < 4.78 is 2.68. The number of benzene rings is 10. The van der Waals surface area contributed by atoms with E-state index in [0.29, 0.717) is 0 Å². The average molecular weight is 704 g/mol. The average Bonchev–Trinajstić information content (AvgIpc) is 3.63. The van der Waals surface area contributed by atoms with Crippen LogP contribution < -0.4 is 4.90 Å². The fourth-order valence-corrected chi connectivity index (χ4v) is 9.66. The summed E-state index contributed by atoms with van der Waals surface area (Å²) in [4.78, 5) is 2.39. The summed E-state index contributed by atoms with van der Waals surface area (Å²) in [5.41, 5.74) is 8.24. The molecule has 0 aliphatic heterocycles. The van der Waals surface area contributed by atoms with Crippen molar-refractivity contribution >= 4 is 91.7 Å². The Morgan fingerprint density at radius 1 is 0.315 bits per heavy atom. The van der Waals surface area contributed by atoms with E-state index < -0.39 is 0 Å². The maximum Gasteiger partial charge on any atom is 0.0468 e. The highest BCUT2D eigenvalue weighted by Crippen LogP contribution is 2.43. The van der Waals surface area contributed by atoms with E-state index in [1.165, 1.54) is 85.5 Å². The lowest BCUT2D eigenvalue weighted by atomic mass is 9.90. The molecule has 0 saturated heterocycles. The molecule has 0 unspecified atom stereocenters. The SMILES string of the molecule is c1ccc(-c2ccc(N(c3ccc(-c4cc5ccc6ccccc6c5c5ccccc45)cc3)c3ccc4c(ccc5c6ccccc6sc45)c3)cc2)cc1. The molecule has 0 atom stereocenters. The first-order chi connectivity index (χ1) is 26.8. The zero-order valence-electron chi connectivity index (χ0n) is 29.4. The molecular weight excluding hydrogens is 671 g/mol. The van der Waals surface area contributed by atoms with Gasteiger partial charge in [0.15, 0.2) is 0 Å². The molecule has 11 rings (SSSR count). The van der Waals surface area contributed by atoms with Crippen LogP contribution >= 0.6 is 11.3 Å². The second-order valence-electron chi connectivity index (χ2n) is 14.1. The molecule has 0 saturated carbocycles. The lowest BCUT2D eigenvalue weighted by Gasteiger charge is -2.26. The topological polar surface area (TPSA) is 3.24 Å². The number of hydrogen-bond donors (Lipinski definition) is 0. The normalized spacial score (nSPS) is 11.7. The van der Waals surface area contributed by atoms with Crippen LogP contribution in [0.25, 0.3) is 85.5 Å². The number of thiophene rings is 1. The summed E-state index contributed by atoms with van der Waals surface area (Å²) in [7, 11) is 0. The van der Waals surface area contributed by atoms with Gasteiger partial charge in [0.05, 0.1) is 0 Å². The maximum absolute atomic E-state index is 2.39. The van der Waals surface area contributed by atoms with Crippen molar-refractivity contribution in [2.24, 2.45) is 0 Å². The fraction of sp³-hybridized carbons (Fsp3) is 0. The molecule has 11 aromatic rings. The Morgan fingerprint density at radius 3 is 1.69 bits per heavy atom. The number of anilines is 3. The number of rotatable bonds is 5. The molecule has 0 amide bonds. The van der Waals surface area contributed by atoms with Crippen LogP contribution in [0.3, 0.4) is 0 Å². The largest absolute Gasteiger partial charge is 0.310 e. The molecule has 10 aromatic carbocycles. The monoisotopic (exact) mass is 703 g/mol. The smallest absolute Gasteiger partial charge is 0.0468 e. The van der Waals surface area contributed by atoms with Crippen molar-refractivity contribution < 1.29 is 0 Å². The van der Waals surface area contributed by atoms with Crippen LogP contribution in [0, 0.1) is 0 Å². The summed E-state index contributed by atoms with van der Waals surface area (Å²) in [6, 6.07) is 73.4. The standard InChI is InChI=1S/C52H33NS/c1-2-10-34(11-3-1)35-20-25-40(26-21-35)53(42-29-31-44-38(32-42)24-30-48-46-15-8-9-17-50(46)54-52(44)48)41-27-22-37(23-28-41)49-33-39-19-18-36-12-4-5-13-43(36)51(39)47-16-7-6-14-45(47)49/h1-33H. The molecule has 0 fully saturated rings. The minimum atomic E-state index is 1.12. The summed E-state index contributed by atoms with van der Waals surface area (Å²) in [6.45, 7) is 0. The molecule has 0 spiro atoms. The second kappa shape index (κ2) is 12.4. The van der Waals surface area contributed by atoms with Gasteiger partial charge in [0.2, 0.25) is 0 Å². The van der Waals surface area contributed by atoms with Crippen LogP contribution in [0.2, 0.25) is 0 Å². The van der Waals surface area contributed by atoms with Crippen molar-refractivity contribution in [1.82, 2.24) is 0 Å². The number of fused-ring (bicyclic) bond motifs is 10. The van der Waals surface area contributed by atoms with Crippen LogP contribution in [0.4, 0.5) is 17.1 Å². The van der Waals surface area contributed by atoms with Crippen LogP contribution in [-0.4, -0.2) is 0 Å². The Bertz CT molecular complexity index is 3190. The molecular formula is C52H33NS. The minimum Gasteiger partial charge on any atom is -0.310 e. The van der Waals surface area contributed by atoms with E-state index in [0.717, 1.165) is 17.1 Å². The van der Waals surface area contributed by atoms with Crippen LogP contribution in [0.5, 0.6) is 0 Å². The predicted molar refractivity (Wildman–Crippen MR) is 235 cm³/mol. The van der Waals surface area contributed by atoms with Gasteiger partial charge < -0.3 is 4.90 Å². The maximum atomic E-state index is 2.39. The van der Waals surface area contributed by atoms with Crippen molar-refractivity contribution in [3.8, 4) is 22.3 Å². The molecule has 0 aliphatic rings. The summed E-state index contributed by atoms with van der Waals surface area (Å²) >= 11 is 1.89. The van der Waals surface area contributed by atoms with Gasteiger partial charge in [-0.15, -0.1) is 11.3 Å². The highest BCUT2D eigenvalue weighted by atomic mass is 32.1. The second-order valence-corrected chi connectivity index (χ2v) is 15.1. The lowest BCUT2D eigenvalue weighted by molar-refractivity contribution is 1.29. The summed E-state index contributed by atoms with van der Waals surface area (Å²) in [6.07, 6.45) is 0. The van der Waals surface area contributed by atoms with E-state index in [1.54, 1.807) is 0 Å². The van der Waals surface area contributed by atoms with Crippen molar-refractivity contribution in [3.63, 3.8) is 0 Å². The first-order valence-electron chi connectivity index (χ1n) is 18.5. The zero-order valence-corrected chi connectivity index (χ0v) is 30.2. The number of hydrogen-bond acceptors (Lipinski definition) is 2. The third-order valence-corrected chi connectivity index (χ3v) is 12.2. The lowest BCUT2D eigenvalue weighted by Crippen LogP contribution is -2.09. The van der Waals surface area contributed by atoms with E-state index in [2.05, 4.69) is 205 Å². The molecule has 1 heterocycles. The third kappa shape index (κ3) is 4.99. The quantitative estimate of drug-likeness (QED) is 0.161. The van der Waals surface area contributed by atoms with Gasteiger partial charge in [0.25, 0.3) is 0 Å². The zero-order chi connectivity index (χ0) is 35.6. The van der Waals surface area contributed by atoms with Gasteiger partial charge in [-0.2, -0.15) is 0 Å². The van der Waals surface area contributed by atoms with Crippen molar-refractivity contribution in [2.45, 2.75) is 0 Å². The van der Waals surface area contributed by atoms with Crippen molar-refractivity contribution in [3.05, 3.63) is 200 Å². The van der Waals surface area contributed by atoms with Gasteiger partial charge in [-0.3, -0.25) is 0 Å². The van der Waals surface area contributed by atoms with Gasteiger partial charge in [-0.05, 0) is 114 Å². The van der Waals surface area contributed by atoms with Gasteiger partial charge >= 0.3 is 0 Å². The molecule has 2 heteroatoms. The van der Waals surface area contributed by atoms with E-state index in [4.69, 9.17) is 0 Å². The fourth-order valence-electron chi connectivity index (χ4n) is 8.43. The predicted octanol–water partition coefficient (Wildman–Crippen LogP) is 15.5. The van der Waals surface area contributed by atoms with Gasteiger partial charge in [-0.25, -0.2) is 0 Å². The van der Waals surface area contributed by atoms with Gasteiger partial charge in [-0.1, -0.05) is 152 Å². The van der Waals surface area contributed by atoms with E-state index in [9.17, 15) is 0 Å². The summed E-state index contributed by atoms with van der Waals surface area (Å²) in [5.74, 6) is 0. The molecule has 0 N–H and O–H groups in total. The Hall–Kier alpha value is -6.74. The molecule has 54 heavy (non-hydrogen) atoms. The molecule has 252 valence electrons. The molecule has 1 aromatic heterocycles. The first-order valence-corrected chi connectivity index (χ1v) is 19.3. The summed E-state index contributed by atoms with van der Waals surface area (Å²) in [5, 5.41) is 12.9. The first kappa shape index (κ1) is 30.8. The van der Waals surface area contributed by atoms with Gasteiger partial charge in [0.1, 0.15) is 0 Å². The molecule has 1 nitrogen and oxygen atoms in total. The molecule has 0 aliphatic carbocycles. The Labute approximate surface area is 317 Å². The minimum absolute atomic E-state index is 1.12. The third-order valence-electron chi connectivity index (χ3n) is 11.0. The molecule has 0 bridgehead atoms. The highest BCUT2D eigenvalue weighted by Gasteiger charge is 2.17. The van der Waals surface area contributed by atoms with Crippen molar-refractivity contribution in [1.29, 1.82) is 0 Å². The van der Waals surface area contributed by atoms with Crippen LogP contribution in [-0.2, 0) is 0 Å². The van der Waals surface area contributed by atoms with Crippen LogP contribution in [0.15, 0.2) is 200 Å². The Morgan fingerprint density at radius 2 is 0.889 bits per heavy atom.